The van der Waals surface area contributed by atoms with Crippen LogP contribution in [0.1, 0.15) is 20.3 Å². The molecule has 0 aromatic heterocycles. The topological polar surface area (TPSA) is 46.3 Å². The lowest BCUT2D eigenvalue weighted by Crippen LogP contribution is -2.55. The first-order chi connectivity index (χ1) is 8.12. The van der Waals surface area contributed by atoms with Gasteiger partial charge in [-0.2, -0.15) is 17.6 Å². The van der Waals surface area contributed by atoms with E-state index in [0.717, 1.165) is 0 Å². The first kappa shape index (κ1) is 18.2. The van der Waals surface area contributed by atoms with Crippen LogP contribution in [-0.2, 0) is 4.79 Å². The van der Waals surface area contributed by atoms with Crippen LogP contribution in [-0.4, -0.2) is 35.2 Å². The van der Waals surface area contributed by atoms with E-state index >= 15 is 0 Å². The Morgan fingerprint density at radius 2 is 1.95 bits per heavy atom. The first-order valence-corrected chi connectivity index (χ1v) is 5.63. The number of carbonyl (C=O) groups is 1. The summed E-state index contributed by atoms with van der Waals surface area (Å²) in [5.74, 6) is -9.48. The maximum Gasteiger partial charge on any atom is 0.332 e. The largest absolute Gasteiger partial charge is 0.332 e. The summed E-state index contributed by atoms with van der Waals surface area (Å²) in [6.07, 6.45) is 1.32. The van der Waals surface area contributed by atoms with E-state index in [0.29, 0.717) is 17.5 Å². The van der Waals surface area contributed by atoms with Crippen LogP contribution in [0.2, 0.25) is 0 Å². The molecule has 2 atom stereocenters. The van der Waals surface area contributed by atoms with Crippen LogP contribution in [0.15, 0.2) is 12.3 Å². The third-order valence-electron chi connectivity index (χ3n) is 3.15. The summed E-state index contributed by atoms with van der Waals surface area (Å²) >= 11 is 0. The van der Waals surface area contributed by atoms with E-state index in [-0.39, 0.29) is 24.4 Å². The fourth-order valence-electron chi connectivity index (χ4n) is 1.52. The summed E-state index contributed by atoms with van der Waals surface area (Å²) in [5.41, 5.74) is 5.60. The van der Waals surface area contributed by atoms with Crippen LogP contribution >= 0.6 is 12.4 Å². The van der Waals surface area contributed by atoms with E-state index in [1.54, 1.807) is 13.8 Å². The van der Waals surface area contributed by atoms with E-state index < -0.39 is 30.3 Å². The van der Waals surface area contributed by atoms with Crippen LogP contribution in [0.4, 0.5) is 17.6 Å². The second kappa shape index (κ2) is 6.09. The number of alkyl halides is 4. The number of nitrogens with zero attached hydrogens (tertiary/aromatic N) is 1. The third-order valence-corrected chi connectivity index (χ3v) is 3.15. The molecule has 0 fully saturated rings. The molecule has 0 spiro atoms. The van der Waals surface area contributed by atoms with Crippen LogP contribution in [0, 0.1) is 5.92 Å². The number of amides is 1. The summed E-state index contributed by atoms with van der Waals surface area (Å²) in [7, 11) is 0. The van der Waals surface area contributed by atoms with Gasteiger partial charge in [0, 0.05) is 12.3 Å². The van der Waals surface area contributed by atoms with Crippen molar-refractivity contribution in [2.45, 2.75) is 38.2 Å². The number of nitrogens with two attached hydrogens (primary N) is 1. The Morgan fingerprint density at radius 3 is 2.37 bits per heavy atom. The molecule has 1 rings (SSSR count). The van der Waals surface area contributed by atoms with Gasteiger partial charge < -0.3 is 10.6 Å². The zero-order valence-electron chi connectivity index (χ0n) is 10.6. The van der Waals surface area contributed by atoms with E-state index in [4.69, 9.17) is 5.73 Å². The average Bonchev–Trinajstić information content (AvgIpc) is 2.29. The van der Waals surface area contributed by atoms with Crippen molar-refractivity contribution in [2.24, 2.45) is 11.7 Å². The highest BCUT2D eigenvalue weighted by Gasteiger charge is 2.57. The van der Waals surface area contributed by atoms with E-state index in [1.807, 2.05) is 0 Å². The molecule has 1 aliphatic rings. The molecule has 0 aliphatic carbocycles. The SMILES string of the molecule is CC[C@H](C)[C@H](N)C(=O)N1C=CC(F)(F)C(F)(F)C1.Cl. The normalized spacial score (nSPS) is 23.4. The van der Waals surface area contributed by atoms with Crippen molar-refractivity contribution in [3.8, 4) is 0 Å². The quantitative estimate of drug-likeness (QED) is 0.814. The van der Waals surface area contributed by atoms with E-state index in [9.17, 15) is 22.4 Å². The Kier molecular flexibility index (Phi) is 5.83. The fraction of sp³-hybridized carbons (Fsp3) is 0.727. The molecule has 8 heteroatoms. The lowest BCUT2D eigenvalue weighted by Gasteiger charge is -2.34. The Morgan fingerprint density at radius 1 is 1.42 bits per heavy atom. The lowest BCUT2D eigenvalue weighted by molar-refractivity contribution is -0.195. The molecule has 0 saturated carbocycles. The molecule has 112 valence electrons. The Bertz CT molecular complexity index is 363. The first-order valence-electron chi connectivity index (χ1n) is 5.63. The van der Waals surface area contributed by atoms with Gasteiger partial charge in [-0.3, -0.25) is 4.79 Å². The zero-order chi connectivity index (χ0) is 14.1. The molecule has 0 bridgehead atoms. The van der Waals surface area contributed by atoms with Crippen LogP contribution < -0.4 is 5.73 Å². The number of halogens is 5. The van der Waals surface area contributed by atoms with Crippen molar-refractivity contribution < 1.29 is 22.4 Å². The number of hydrogen-bond donors (Lipinski definition) is 1. The average molecular weight is 305 g/mol. The fourth-order valence-corrected chi connectivity index (χ4v) is 1.52. The van der Waals surface area contributed by atoms with Crippen molar-refractivity contribution >= 4 is 18.3 Å². The highest BCUT2D eigenvalue weighted by molar-refractivity contribution is 5.85. The Labute approximate surface area is 115 Å². The van der Waals surface area contributed by atoms with Gasteiger partial charge in [0.2, 0.25) is 5.91 Å². The maximum atomic E-state index is 13.1. The van der Waals surface area contributed by atoms with Crippen molar-refractivity contribution in [3.05, 3.63) is 12.3 Å². The second-order valence-electron chi connectivity index (χ2n) is 4.52. The van der Waals surface area contributed by atoms with Crippen molar-refractivity contribution in [3.63, 3.8) is 0 Å². The number of hydrogen-bond acceptors (Lipinski definition) is 2. The molecule has 2 N–H and O–H groups in total. The van der Waals surface area contributed by atoms with Gasteiger partial charge in [0.25, 0.3) is 0 Å². The molecule has 0 aromatic carbocycles. The molecule has 1 amide bonds. The van der Waals surface area contributed by atoms with Gasteiger partial charge in [0.05, 0.1) is 12.6 Å². The van der Waals surface area contributed by atoms with Crippen LogP contribution in [0.25, 0.3) is 0 Å². The van der Waals surface area contributed by atoms with Crippen molar-refractivity contribution in [1.29, 1.82) is 0 Å². The lowest BCUT2D eigenvalue weighted by atomic mass is 9.98. The summed E-state index contributed by atoms with van der Waals surface area (Å²) < 4.78 is 51.9. The van der Waals surface area contributed by atoms with Crippen molar-refractivity contribution in [1.82, 2.24) is 4.90 Å². The summed E-state index contributed by atoms with van der Waals surface area (Å²) in [6.45, 7) is 2.15. The monoisotopic (exact) mass is 304 g/mol. The van der Waals surface area contributed by atoms with Gasteiger partial charge >= 0.3 is 11.8 Å². The van der Waals surface area contributed by atoms with Crippen LogP contribution in [0.5, 0.6) is 0 Å². The number of rotatable bonds is 3. The smallest absolute Gasteiger partial charge is 0.320 e. The molecule has 1 aliphatic heterocycles. The third kappa shape index (κ3) is 3.60. The van der Waals surface area contributed by atoms with Gasteiger partial charge in [-0.25, -0.2) is 0 Å². The summed E-state index contributed by atoms with van der Waals surface area (Å²) in [4.78, 5) is 12.3. The van der Waals surface area contributed by atoms with Gasteiger partial charge in [-0.15, -0.1) is 12.4 Å². The maximum absolute atomic E-state index is 13.1. The second-order valence-corrected chi connectivity index (χ2v) is 4.52. The van der Waals surface area contributed by atoms with Gasteiger partial charge in [-0.05, 0) is 5.92 Å². The molecule has 0 radical (unpaired) electrons. The predicted octanol–water partition coefficient (Wildman–Crippen LogP) is 2.41. The number of allylic oxidation sites excluding steroid dienone is 1. The molecule has 19 heavy (non-hydrogen) atoms. The minimum atomic E-state index is -4.27. The Balaban J connectivity index is 0.00000324. The van der Waals surface area contributed by atoms with Gasteiger partial charge in [0.1, 0.15) is 0 Å². The number of carbonyl (C=O) groups excluding carboxylic acids is 1. The predicted molar refractivity (Wildman–Crippen MR) is 65.4 cm³/mol. The van der Waals surface area contributed by atoms with Gasteiger partial charge in [0.15, 0.2) is 0 Å². The molecule has 0 saturated heterocycles. The van der Waals surface area contributed by atoms with Crippen LogP contribution in [0.3, 0.4) is 0 Å². The van der Waals surface area contributed by atoms with E-state index in [1.165, 1.54) is 0 Å². The molecular weight excluding hydrogens is 288 g/mol. The molecule has 3 nitrogen and oxygen atoms in total. The summed E-state index contributed by atoms with van der Waals surface area (Å²) in [5, 5.41) is 0. The minimum absolute atomic E-state index is 0. The Hall–Kier alpha value is -0.820. The minimum Gasteiger partial charge on any atom is -0.320 e. The highest BCUT2D eigenvalue weighted by Crippen LogP contribution is 2.39. The molecule has 0 unspecified atom stereocenters. The molecule has 0 aromatic rings. The zero-order valence-corrected chi connectivity index (χ0v) is 11.4. The van der Waals surface area contributed by atoms with Crippen molar-refractivity contribution in [2.75, 3.05) is 6.54 Å². The molecule has 1 heterocycles. The molecular formula is C11H17ClF4N2O. The van der Waals surface area contributed by atoms with E-state index in [2.05, 4.69) is 0 Å². The highest BCUT2D eigenvalue weighted by atomic mass is 35.5. The summed E-state index contributed by atoms with van der Waals surface area (Å²) in [6, 6.07) is -0.970. The standard InChI is InChI=1S/C11H16F4N2O.ClH/c1-3-7(2)8(16)9(18)17-5-4-10(12,13)11(14,15)6-17;/h4-5,7-8H,3,6,16H2,1-2H3;1H/t7-,8-;/m0./s1. The van der Waals surface area contributed by atoms with Gasteiger partial charge in [-0.1, -0.05) is 20.3 Å².